The van der Waals surface area contributed by atoms with Crippen LogP contribution in [-0.2, 0) is 0 Å². The smallest absolute Gasteiger partial charge is 0.251 e. The molecule has 0 fully saturated rings. The standard InChI is InChI=1S/C16H14BrClFNO2/c1-9(15(21)14-12(18)3-2-4-13(14)19)20-16(22)10-5-7-11(17)8-6-10/h2-9,15,21H,1H3,(H,20,22)/t9-,15+/m0/s1. The third-order valence-electron chi connectivity index (χ3n) is 3.23. The van der Waals surface area contributed by atoms with Crippen molar-refractivity contribution in [3.05, 3.63) is 68.9 Å². The molecular formula is C16H14BrClFNO2. The molecule has 3 nitrogen and oxygen atoms in total. The molecule has 0 unspecified atom stereocenters. The monoisotopic (exact) mass is 385 g/mol. The van der Waals surface area contributed by atoms with Gasteiger partial charge in [0.15, 0.2) is 0 Å². The lowest BCUT2D eigenvalue weighted by Crippen LogP contribution is -2.37. The van der Waals surface area contributed by atoms with Gasteiger partial charge in [0.05, 0.1) is 6.04 Å². The van der Waals surface area contributed by atoms with Crippen LogP contribution in [0.2, 0.25) is 5.02 Å². The number of nitrogens with one attached hydrogen (secondary N) is 1. The average molecular weight is 387 g/mol. The molecule has 6 heteroatoms. The van der Waals surface area contributed by atoms with Crippen LogP contribution in [0.1, 0.15) is 28.9 Å². The molecule has 0 aliphatic rings. The maximum absolute atomic E-state index is 13.8. The van der Waals surface area contributed by atoms with Gasteiger partial charge < -0.3 is 10.4 Å². The summed E-state index contributed by atoms with van der Waals surface area (Å²) in [7, 11) is 0. The van der Waals surface area contributed by atoms with E-state index < -0.39 is 18.0 Å². The van der Waals surface area contributed by atoms with Gasteiger partial charge in [0, 0.05) is 20.6 Å². The van der Waals surface area contributed by atoms with Gasteiger partial charge in [-0.05, 0) is 43.3 Å². The lowest BCUT2D eigenvalue weighted by Gasteiger charge is -2.22. The van der Waals surface area contributed by atoms with Crippen LogP contribution >= 0.6 is 27.5 Å². The number of halogens is 3. The Kier molecular flexibility index (Phi) is 5.56. The van der Waals surface area contributed by atoms with Crippen molar-refractivity contribution in [3.63, 3.8) is 0 Å². The van der Waals surface area contributed by atoms with Gasteiger partial charge >= 0.3 is 0 Å². The third kappa shape index (κ3) is 3.85. The Balaban J connectivity index is 2.13. The maximum atomic E-state index is 13.8. The van der Waals surface area contributed by atoms with Crippen molar-refractivity contribution in [2.75, 3.05) is 0 Å². The second-order valence-corrected chi connectivity index (χ2v) is 6.17. The molecular weight excluding hydrogens is 373 g/mol. The normalized spacial score (nSPS) is 13.5. The Morgan fingerprint density at radius 1 is 1.27 bits per heavy atom. The molecule has 0 bridgehead atoms. The second kappa shape index (κ2) is 7.22. The highest BCUT2D eigenvalue weighted by Crippen LogP contribution is 2.28. The molecule has 116 valence electrons. The fourth-order valence-corrected chi connectivity index (χ4v) is 2.55. The van der Waals surface area contributed by atoms with Crippen LogP contribution in [-0.4, -0.2) is 17.1 Å². The Hall–Kier alpha value is -1.43. The molecule has 2 aromatic rings. The van der Waals surface area contributed by atoms with Gasteiger partial charge in [-0.3, -0.25) is 4.79 Å². The molecule has 2 N–H and O–H groups in total. The molecule has 0 saturated heterocycles. The molecule has 0 heterocycles. The number of aliphatic hydroxyl groups is 1. The van der Waals surface area contributed by atoms with E-state index in [0.29, 0.717) is 5.56 Å². The van der Waals surface area contributed by atoms with E-state index in [2.05, 4.69) is 21.2 Å². The van der Waals surface area contributed by atoms with Crippen molar-refractivity contribution in [1.29, 1.82) is 0 Å². The van der Waals surface area contributed by atoms with Crippen LogP contribution in [0, 0.1) is 5.82 Å². The van der Waals surface area contributed by atoms with Gasteiger partial charge in [-0.15, -0.1) is 0 Å². The molecule has 0 aliphatic heterocycles. The van der Waals surface area contributed by atoms with Gasteiger partial charge in [-0.25, -0.2) is 4.39 Å². The summed E-state index contributed by atoms with van der Waals surface area (Å²) in [5, 5.41) is 13.0. The zero-order chi connectivity index (χ0) is 16.3. The summed E-state index contributed by atoms with van der Waals surface area (Å²) in [6.07, 6.45) is -1.24. The highest BCUT2D eigenvalue weighted by atomic mass is 79.9. The number of benzene rings is 2. The lowest BCUT2D eigenvalue weighted by molar-refractivity contribution is 0.0846. The van der Waals surface area contributed by atoms with E-state index in [4.69, 9.17) is 11.6 Å². The fourth-order valence-electron chi connectivity index (χ4n) is 2.01. The highest BCUT2D eigenvalue weighted by Gasteiger charge is 2.24. The van der Waals surface area contributed by atoms with Gasteiger partial charge in [0.2, 0.25) is 0 Å². The third-order valence-corrected chi connectivity index (χ3v) is 4.09. The number of hydrogen-bond donors (Lipinski definition) is 2. The summed E-state index contributed by atoms with van der Waals surface area (Å²) in [4.78, 5) is 12.1. The van der Waals surface area contributed by atoms with Gasteiger partial charge in [-0.1, -0.05) is 33.6 Å². The number of carbonyl (C=O) groups excluding carboxylic acids is 1. The van der Waals surface area contributed by atoms with E-state index >= 15 is 0 Å². The molecule has 2 atom stereocenters. The fraction of sp³-hybridized carbons (Fsp3) is 0.188. The molecule has 0 aromatic heterocycles. The van der Waals surface area contributed by atoms with Crippen molar-refractivity contribution >= 4 is 33.4 Å². The molecule has 1 amide bonds. The second-order valence-electron chi connectivity index (χ2n) is 4.85. The Morgan fingerprint density at radius 2 is 1.91 bits per heavy atom. The van der Waals surface area contributed by atoms with E-state index in [1.807, 2.05) is 0 Å². The van der Waals surface area contributed by atoms with Gasteiger partial charge in [0.25, 0.3) is 5.91 Å². The minimum absolute atomic E-state index is 0.0206. The van der Waals surface area contributed by atoms with Crippen molar-refractivity contribution in [2.24, 2.45) is 0 Å². The number of hydrogen-bond acceptors (Lipinski definition) is 2. The molecule has 0 saturated carbocycles. The van der Waals surface area contributed by atoms with E-state index in [0.717, 1.165) is 4.47 Å². The first kappa shape index (κ1) is 16.9. The zero-order valence-corrected chi connectivity index (χ0v) is 14.0. The van der Waals surface area contributed by atoms with Crippen molar-refractivity contribution in [2.45, 2.75) is 19.1 Å². The first-order valence-corrected chi connectivity index (χ1v) is 7.75. The Labute approximate surface area is 141 Å². The number of amides is 1. The van der Waals surface area contributed by atoms with Gasteiger partial charge in [0.1, 0.15) is 11.9 Å². The quantitative estimate of drug-likeness (QED) is 0.831. The Morgan fingerprint density at radius 3 is 2.50 bits per heavy atom. The molecule has 0 aliphatic carbocycles. The lowest BCUT2D eigenvalue weighted by atomic mass is 10.0. The van der Waals surface area contributed by atoms with E-state index in [1.54, 1.807) is 31.2 Å². The van der Waals surface area contributed by atoms with Crippen molar-refractivity contribution < 1.29 is 14.3 Å². The topological polar surface area (TPSA) is 49.3 Å². The Bertz CT molecular complexity index is 658. The average Bonchev–Trinajstić information content (AvgIpc) is 2.47. The van der Waals surface area contributed by atoms with Crippen molar-refractivity contribution in [1.82, 2.24) is 5.32 Å². The molecule has 2 rings (SSSR count). The van der Waals surface area contributed by atoms with Crippen LogP contribution in [0.3, 0.4) is 0 Å². The minimum Gasteiger partial charge on any atom is -0.386 e. The molecule has 22 heavy (non-hydrogen) atoms. The van der Waals surface area contributed by atoms with Crippen LogP contribution < -0.4 is 5.32 Å². The van der Waals surface area contributed by atoms with Crippen LogP contribution in [0.5, 0.6) is 0 Å². The predicted molar refractivity (Wildman–Crippen MR) is 87.4 cm³/mol. The first-order valence-electron chi connectivity index (χ1n) is 6.58. The SMILES string of the molecule is C[C@H](NC(=O)c1ccc(Br)cc1)[C@@H](O)c1c(F)cccc1Cl. The summed E-state index contributed by atoms with van der Waals surface area (Å²) in [6, 6.07) is 10.2. The first-order chi connectivity index (χ1) is 10.4. The molecule has 0 radical (unpaired) electrons. The number of aliphatic hydroxyl groups excluding tert-OH is 1. The number of carbonyl (C=O) groups is 1. The van der Waals surface area contributed by atoms with Crippen molar-refractivity contribution in [3.8, 4) is 0 Å². The highest BCUT2D eigenvalue weighted by molar-refractivity contribution is 9.10. The maximum Gasteiger partial charge on any atom is 0.251 e. The summed E-state index contributed by atoms with van der Waals surface area (Å²) in [5.74, 6) is -0.962. The summed E-state index contributed by atoms with van der Waals surface area (Å²) in [5.41, 5.74) is 0.426. The number of rotatable bonds is 4. The van der Waals surface area contributed by atoms with E-state index in [9.17, 15) is 14.3 Å². The zero-order valence-electron chi connectivity index (χ0n) is 11.7. The molecule has 2 aromatic carbocycles. The summed E-state index contributed by atoms with van der Waals surface area (Å²) >= 11 is 9.21. The van der Waals surface area contributed by atoms with E-state index in [-0.39, 0.29) is 16.5 Å². The van der Waals surface area contributed by atoms with E-state index in [1.165, 1.54) is 18.2 Å². The summed E-state index contributed by atoms with van der Waals surface area (Å²) < 4.78 is 14.7. The van der Waals surface area contributed by atoms with Crippen LogP contribution in [0.25, 0.3) is 0 Å². The van der Waals surface area contributed by atoms with Gasteiger partial charge in [-0.2, -0.15) is 0 Å². The summed E-state index contributed by atoms with van der Waals surface area (Å²) in [6.45, 7) is 1.59. The van der Waals surface area contributed by atoms with Crippen LogP contribution in [0.15, 0.2) is 46.9 Å². The minimum atomic E-state index is -1.24. The predicted octanol–water partition coefficient (Wildman–Crippen LogP) is 4.09. The van der Waals surface area contributed by atoms with Crippen LogP contribution in [0.4, 0.5) is 4.39 Å². The molecule has 0 spiro atoms. The largest absolute Gasteiger partial charge is 0.386 e.